The van der Waals surface area contributed by atoms with Crippen LogP contribution in [0.1, 0.15) is 15.2 Å². The SMILES string of the molecule is NC(=S)c1ccc(NC(=O)c2ccc(Cl)s2)c(Br)c1. The maximum Gasteiger partial charge on any atom is 0.265 e. The van der Waals surface area contributed by atoms with Crippen molar-refractivity contribution in [3.8, 4) is 0 Å². The van der Waals surface area contributed by atoms with Gasteiger partial charge in [0, 0.05) is 10.0 Å². The van der Waals surface area contributed by atoms with Gasteiger partial charge in [-0.2, -0.15) is 0 Å². The summed E-state index contributed by atoms with van der Waals surface area (Å²) in [5.41, 5.74) is 6.92. The van der Waals surface area contributed by atoms with Crippen LogP contribution >= 0.6 is 51.1 Å². The maximum atomic E-state index is 12.0. The summed E-state index contributed by atoms with van der Waals surface area (Å²) in [6.45, 7) is 0. The van der Waals surface area contributed by atoms with Crippen molar-refractivity contribution >= 4 is 67.7 Å². The molecule has 19 heavy (non-hydrogen) atoms. The topological polar surface area (TPSA) is 55.1 Å². The van der Waals surface area contributed by atoms with E-state index in [0.29, 0.717) is 24.4 Å². The maximum absolute atomic E-state index is 12.0. The van der Waals surface area contributed by atoms with E-state index in [9.17, 15) is 4.79 Å². The Kier molecular flexibility index (Phi) is 4.57. The minimum atomic E-state index is -0.208. The van der Waals surface area contributed by atoms with Gasteiger partial charge in [-0.25, -0.2) is 0 Å². The lowest BCUT2D eigenvalue weighted by atomic mass is 10.2. The quantitative estimate of drug-likeness (QED) is 0.796. The number of carbonyl (C=O) groups excluding carboxylic acids is 1. The lowest BCUT2D eigenvalue weighted by Crippen LogP contribution is -2.12. The zero-order valence-corrected chi connectivity index (χ0v) is 13.4. The number of rotatable bonds is 3. The van der Waals surface area contributed by atoms with Crippen LogP contribution in [0.3, 0.4) is 0 Å². The number of nitrogens with two attached hydrogens (primary N) is 1. The molecule has 0 saturated carbocycles. The van der Waals surface area contributed by atoms with Gasteiger partial charge in [-0.1, -0.05) is 23.8 Å². The first-order valence-electron chi connectivity index (χ1n) is 5.13. The van der Waals surface area contributed by atoms with Gasteiger partial charge in [0.25, 0.3) is 5.91 Å². The van der Waals surface area contributed by atoms with E-state index in [0.717, 1.165) is 5.56 Å². The molecule has 1 heterocycles. The fourth-order valence-electron chi connectivity index (χ4n) is 1.39. The minimum absolute atomic E-state index is 0.208. The van der Waals surface area contributed by atoms with Crippen LogP contribution in [-0.4, -0.2) is 10.9 Å². The van der Waals surface area contributed by atoms with Crippen LogP contribution in [0.15, 0.2) is 34.8 Å². The Balaban J connectivity index is 2.20. The van der Waals surface area contributed by atoms with E-state index in [1.54, 1.807) is 30.3 Å². The van der Waals surface area contributed by atoms with Crippen molar-refractivity contribution in [3.05, 3.63) is 49.6 Å². The molecule has 0 aliphatic carbocycles. The van der Waals surface area contributed by atoms with Gasteiger partial charge in [-0.05, 0) is 46.3 Å². The summed E-state index contributed by atoms with van der Waals surface area (Å²) in [4.78, 5) is 12.8. The molecule has 0 fully saturated rings. The van der Waals surface area contributed by atoms with Crippen LogP contribution in [0.5, 0.6) is 0 Å². The van der Waals surface area contributed by atoms with E-state index in [1.165, 1.54) is 11.3 Å². The van der Waals surface area contributed by atoms with Crippen LogP contribution in [-0.2, 0) is 0 Å². The molecular formula is C12H8BrClN2OS2. The van der Waals surface area contributed by atoms with Crippen molar-refractivity contribution in [1.82, 2.24) is 0 Å². The Morgan fingerprint density at radius 3 is 2.63 bits per heavy atom. The number of amides is 1. The Morgan fingerprint density at radius 1 is 1.37 bits per heavy atom. The van der Waals surface area contributed by atoms with Crippen LogP contribution in [0.2, 0.25) is 4.34 Å². The second-order valence-electron chi connectivity index (χ2n) is 3.62. The standard InChI is InChI=1S/C12H8BrClN2OS2/c13-7-5-6(11(15)18)1-2-8(7)16-12(17)9-3-4-10(14)19-9/h1-5H,(H2,15,18)(H,16,17). The van der Waals surface area contributed by atoms with Crippen molar-refractivity contribution in [2.75, 3.05) is 5.32 Å². The van der Waals surface area contributed by atoms with E-state index in [-0.39, 0.29) is 5.91 Å². The predicted molar refractivity (Wildman–Crippen MR) is 87.3 cm³/mol. The summed E-state index contributed by atoms with van der Waals surface area (Å²) in [5, 5.41) is 2.79. The van der Waals surface area contributed by atoms with E-state index < -0.39 is 0 Å². The van der Waals surface area contributed by atoms with Crippen molar-refractivity contribution < 1.29 is 4.79 Å². The zero-order valence-electron chi connectivity index (χ0n) is 9.44. The molecule has 0 saturated heterocycles. The van der Waals surface area contributed by atoms with E-state index in [2.05, 4.69) is 21.2 Å². The predicted octanol–water partition coefficient (Wildman–Crippen LogP) is 4.05. The number of benzene rings is 1. The van der Waals surface area contributed by atoms with E-state index in [1.807, 2.05) is 0 Å². The minimum Gasteiger partial charge on any atom is -0.389 e. The number of hydrogen-bond donors (Lipinski definition) is 2. The van der Waals surface area contributed by atoms with Gasteiger partial charge in [-0.3, -0.25) is 4.79 Å². The van der Waals surface area contributed by atoms with Gasteiger partial charge in [0.2, 0.25) is 0 Å². The third kappa shape index (κ3) is 3.54. The first-order chi connectivity index (χ1) is 8.97. The summed E-state index contributed by atoms with van der Waals surface area (Å²) in [5.74, 6) is -0.208. The molecule has 3 N–H and O–H groups in total. The fourth-order valence-corrected chi connectivity index (χ4v) is 2.93. The van der Waals surface area contributed by atoms with Crippen LogP contribution in [0.25, 0.3) is 0 Å². The smallest absolute Gasteiger partial charge is 0.265 e. The largest absolute Gasteiger partial charge is 0.389 e. The Bertz CT molecular complexity index is 657. The van der Waals surface area contributed by atoms with Gasteiger partial charge in [0.15, 0.2) is 0 Å². The molecule has 7 heteroatoms. The monoisotopic (exact) mass is 374 g/mol. The lowest BCUT2D eigenvalue weighted by Gasteiger charge is -2.07. The van der Waals surface area contributed by atoms with E-state index in [4.69, 9.17) is 29.6 Å². The molecule has 0 atom stereocenters. The molecule has 1 aromatic heterocycles. The number of carbonyl (C=O) groups is 1. The molecule has 1 aromatic carbocycles. The molecule has 0 aliphatic rings. The van der Waals surface area contributed by atoms with Crippen molar-refractivity contribution in [3.63, 3.8) is 0 Å². The van der Waals surface area contributed by atoms with Crippen LogP contribution in [0.4, 0.5) is 5.69 Å². The number of anilines is 1. The average Bonchev–Trinajstić information content (AvgIpc) is 2.78. The molecule has 3 nitrogen and oxygen atoms in total. The van der Waals surface area contributed by atoms with Gasteiger partial charge >= 0.3 is 0 Å². The highest BCUT2D eigenvalue weighted by atomic mass is 79.9. The fraction of sp³-hybridized carbons (Fsp3) is 0. The molecule has 2 rings (SSSR count). The van der Waals surface area contributed by atoms with Crippen molar-refractivity contribution in [2.45, 2.75) is 0 Å². The summed E-state index contributed by atoms with van der Waals surface area (Å²) in [7, 11) is 0. The molecule has 0 radical (unpaired) electrons. The number of thiocarbonyl (C=S) groups is 1. The molecule has 0 bridgehead atoms. The van der Waals surface area contributed by atoms with Gasteiger partial charge < -0.3 is 11.1 Å². The van der Waals surface area contributed by atoms with Gasteiger partial charge in [0.05, 0.1) is 14.9 Å². The lowest BCUT2D eigenvalue weighted by molar-refractivity contribution is 0.103. The number of thiophene rings is 1. The third-order valence-electron chi connectivity index (χ3n) is 2.30. The summed E-state index contributed by atoms with van der Waals surface area (Å²) < 4.78 is 1.29. The molecule has 2 aromatic rings. The van der Waals surface area contributed by atoms with Gasteiger partial charge in [0.1, 0.15) is 4.99 Å². The number of hydrogen-bond acceptors (Lipinski definition) is 3. The highest BCUT2D eigenvalue weighted by Gasteiger charge is 2.11. The molecular weight excluding hydrogens is 368 g/mol. The van der Waals surface area contributed by atoms with Crippen molar-refractivity contribution in [1.29, 1.82) is 0 Å². The molecule has 98 valence electrons. The van der Waals surface area contributed by atoms with E-state index >= 15 is 0 Å². The first-order valence-corrected chi connectivity index (χ1v) is 7.53. The molecule has 0 aliphatic heterocycles. The van der Waals surface area contributed by atoms with Crippen molar-refractivity contribution in [2.24, 2.45) is 5.73 Å². The summed E-state index contributed by atoms with van der Waals surface area (Å²) >= 11 is 15.3. The first kappa shape index (κ1) is 14.5. The highest BCUT2D eigenvalue weighted by Crippen LogP contribution is 2.26. The normalized spacial score (nSPS) is 10.2. The summed E-state index contributed by atoms with van der Waals surface area (Å²) in [6, 6.07) is 8.63. The zero-order chi connectivity index (χ0) is 14.0. The molecule has 0 spiro atoms. The Morgan fingerprint density at radius 2 is 2.11 bits per heavy atom. The average molecular weight is 376 g/mol. The summed E-state index contributed by atoms with van der Waals surface area (Å²) in [6.07, 6.45) is 0. The number of nitrogens with one attached hydrogen (secondary N) is 1. The number of halogens is 2. The van der Waals surface area contributed by atoms with Crippen LogP contribution in [0, 0.1) is 0 Å². The molecule has 1 amide bonds. The Labute approximate surface area is 132 Å². The van der Waals surface area contributed by atoms with Crippen LogP contribution < -0.4 is 11.1 Å². The molecule has 0 unspecified atom stereocenters. The second kappa shape index (κ2) is 6.00. The second-order valence-corrected chi connectivity index (χ2v) is 6.63. The Hall–Kier alpha value is -0.950. The van der Waals surface area contributed by atoms with Gasteiger partial charge in [-0.15, -0.1) is 11.3 Å². The highest BCUT2D eigenvalue weighted by molar-refractivity contribution is 9.10. The third-order valence-corrected chi connectivity index (χ3v) is 4.42.